The van der Waals surface area contributed by atoms with Gasteiger partial charge in [0, 0.05) is 21.8 Å². The Morgan fingerprint density at radius 2 is 1.60 bits per heavy atom. The molecule has 2 aromatic carbocycles. The Hall–Kier alpha value is -2.29. The van der Waals surface area contributed by atoms with Gasteiger partial charge < -0.3 is 10.6 Å². The van der Waals surface area contributed by atoms with Crippen LogP contribution < -0.4 is 10.6 Å². The minimum atomic E-state index is 0.416. The summed E-state index contributed by atoms with van der Waals surface area (Å²) in [6.07, 6.45) is 0. The fourth-order valence-electron chi connectivity index (χ4n) is 3.65. The van der Waals surface area contributed by atoms with Crippen molar-refractivity contribution in [3.8, 4) is 0 Å². The van der Waals surface area contributed by atoms with Gasteiger partial charge in [-0.15, -0.1) is 0 Å². The van der Waals surface area contributed by atoms with E-state index in [0.717, 1.165) is 33.9 Å². The van der Waals surface area contributed by atoms with E-state index in [9.17, 15) is 0 Å². The van der Waals surface area contributed by atoms with Gasteiger partial charge in [0.25, 0.3) is 0 Å². The van der Waals surface area contributed by atoms with E-state index in [1.165, 1.54) is 0 Å². The van der Waals surface area contributed by atoms with E-state index in [0.29, 0.717) is 44.1 Å². The molecule has 4 rings (SSSR count). The van der Waals surface area contributed by atoms with E-state index in [1.807, 2.05) is 60.5 Å². The van der Waals surface area contributed by atoms with Crippen LogP contribution in [0.2, 0.25) is 20.1 Å². The monoisotopic (exact) mass is 566 g/mol. The number of anilines is 2. The van der Waals surface area contributed by atoms with E-state index in [4.69, 9.17) is 58.6 Å². The van der Waals surface area contributed by atoms with Crippen LogP contribution in [0.15, 0.2) is 42.5 Å². The molecule has 0 saturated heterocycles. The molecule has 0 fully saturated rings. The second-order valence-electron chi connectivity index (χ2n) is 8.10. The van der Waals surface area contributed by atoms with Crippen molar-refractivity contribution in [1.29, 1.82) is 0 Å². The maximum Gasteiger partial charge on any atom is 0.176 e. The molecule has 182 valence electrons. The zero-order valence-electron chi connectivity index (χ0n) is 19.2. The molecule has 0 radical (unpaired) electrons. The van der Waals surface area contributed by atoms with Crippen molar-refractivity contribution >= 4 is 75.2 Å². The predicted molar refractivity (Wildman–Crippen MR) is 150 cm³/mol. The first-order valence-corrected chi connectivity index (χ1v) is 12.6. The zero-order chi connectivity index (χ0) is 25.3. The van der Waals surface area contributed by atoms with E-state index < -0.39 is 0 Å². The number of thiocarbonyl (C=S) groups is 1. The van der Waals surface area contributed by atoms with Crippen molar-refractivity contribution in [2.24, 2.45) is 0 Å². The van der Waals surface area contributed by atoms with Crippen molar-refractivity contribution in [3.63, 3.8) is 0 Å². The van der Waals surface area contributed by atoms with Crippen molar-refractivity contribution in [1.82, 2.24) is 19.6 Å². The smallest absolute Gasteiger partial charge is 0.176 e. The molecule has 6 nitrogen and oxygen atoms in total. The Labute approximate surface area is 229 Å². The highest BCUT2D eigenvalue weighted by Crippen LogP contribution is 2.26. The summed E-state index contributed by atoms with van der Waals surface area (Å²) in [5, 5.41) is 18.3. The van der Waals surface area contributed by atoms with Crippen LogP contribution in [0.1, 0.15) is 28.2 Å². The molecule has 4 aromatic rings. The number of hydrogen-bond acceptors (Lipinski definition) is 3. The fourth-order valence-corrected chi connectivity index (χ4v) is 4.64. The molecular formula is C24H22Cl4N6S. The molecular weight excluding hydrogens is 546 g/mol. The SMILES string of the molecule is Cc1nn(Cc2ccc(Cl)cc2Cl)c(C)c1NC(=S)Nc1cc(C)n(Cc2ccc(Cl)c(Cl)c2)n1. The number of aryl methyl sites for hydroxylation is 2. The number of benzene rings is 2. The molecule has 2 heterocycles. The Morgan fingerprint density at radius 1 is 0.829 bits per heavy atom. The highest BCUT2D eigenvalue weighted by Gasteiger charge is 2.15. The first-order valence-electron chi connectivity index (χ1n) is 10.6. The molecule has 0 aliphatic carbocycles. The lowest BCUT2D eigenvalue weighted by atomic mass is 10.2. The van der Waals surface area contributed by atoms with Gasteiger partial charge in [-0.2, -0.15) is 10.2 Å². The van der Waals surface area contributed by atoms with Gasteiger partial charge in [0.1, 0.15) is 0 Å². The molecule has 0 unspecified atom stereocenters. The summed E-state index contributed by atoms with van der Waals surface area (Å²) in [6, 6.07) is 12.9. The quantitative estimate of drug-likeness (QED) is 0.236. The number of aromatic nitrogens is 4. The van der Waals surface area contributed by atoms with Crippen LogP contribution in [0.4, 0.5) is 11.5 Å². The zero-order valence-corrected chi connectivity index (χ0v) is 23.0. The molecule has 0 aliphatic rings. The summed E-state index contributed by atoms with van der Waals surface area (Å²) in [5.74, 6) is 0.635. The van der Waals surface area contributed by atoms with Crippen LogP contribution in [-0.4, -0.2) is 24.7 Å². The summed E-state index contributed by atoms with van der Waals surface area (Å²) in [6.45, 7) is 6.96. The molecule has 0 aliphatic heterocycles. The number of rotatable bonds is 6. The Balaban J connectivity index is 1.44. The van der Waals surface area contributed by atoms with Crippen LogP contribution in [0.25, 0.3) is 0 Å². The standard InChI is InChI=1S/C24H22Cl4N6S/c1-13-8-22(32-33(13)11-16-4-7-19(26)21(28)9-16)29-24(35)30-23-14(2)31-34(15(23)3)12-17-5-6-18(25)10-20(17)27/h4-10H,11-12H2,1-3H3,(H2,29,30,32,35). The Morgan fingerprint density at radius 3 is 2.31 bits per heavy atom. The van der Waals surface area contributed by atoms with Crippen LogP contribution in [0.5, 0.6) is 0 Å². The third kappa shape index (κ3) is 6.11. The van der Waals surface area contributed by atoms with Gasteiger partial charge >= 0.3 is 0 Å². The van der Waals surface area contributed by atoms with E-state index in [1.54, 1.807) is 12.1 Å². The summed E-state index contributed by atoms with van der Waals surface area (Å²) in [7, 11) is 0. The van der Waals surface area contributed by atoms with Crippen LogP contribution in [0.3, 0.4) is 0 Å². The molecule has 2 aromatic heterocycles. The molecule has 0 saturated carbocycles. The number of halogens is 4. The van der Waals surface area contributed by atoms with E-state index >= 15 is 0 Å². The van der Waals surface area contributed by atoms with Gasteiger partial charge in [-0.25, -0.2) is 0 Å². The maximum atomic E-state index is 6.34. The first-order chi connectivity index (χ1) is 16.6. The van der Waals surface area contributed by atoms with Crippen LogP contribution in [-0.2, 0) is 13.1 Å². The second kappa shape index (κ2) is 10.8. The number of nitrogens with zero attached hydrogens (tertiary/aromatic N) is 4. The second-order valence-corrected chi connectivity index (χ2v) is 10.2. The van der Waals surface area contributed by atoms with E-state index in [-0.39, 0.29) is 0 Å². The lowest BCUT2D eigenvalue weighted by molar-refractivity contribution is 0.659. The number of nitrogens with one attached hydrogen (secondary N) is 2. The Kier molecular flexibility index (Phi) is 7.93. The average Bonchev–Trinajstić information content (AvgIpc) is 3.25. The van der Waals surface area contributed by atoms with Gasteiger partial charge in [0.05, 0.1) is 40.2 Å². The van der Waals surface area contributed by atoms with Gasteiger partial charge in [-0.1, -0.05) is 58.5 Å². The lowest BCUT2D eigenvalue weighted by Crippen LogP contribution is -2.20. The summed E-state index contributed by atoms with van der Waals surface area (Å²) >= 11 is 30.1. The van der Waals surface area contributed by atoms with Crippen molar-refractivity contribution < 1.29 is 0 Å². The van der Waals surface area contributed by atoms with Gasteiger partial charge in [0.2, 0.25) is 0 Å². The molecule has 2 N–H and O–H groups in total. The lowest BCUT2D eigenvalue weighted by Gasteiger charge is -2.10. The van der Waals surface area contributed by atoms with Crippen molar-refractivity contribution in [2.75, 3.05) is 10.6 Å². The molecule has 0 bridgehead atoms. The summed E-state index contributed by atoms with van der Waals surface area (Å²) in [5.41, 5.74) is 5.48. The van der Waals surface area contributed by atoms with Crippen LogP contribution in [0, 0.1) is 20.8 Å². The molecule has 0 spiro atoms. The first kappa shape index (κ1) is 25.8. The minimum Gasteiger partial charge on any atom is -0.329 e. The molecule has 11 heteroatoms. The van der Waals surface area contributed by atoms with Gasteiger partial charge in [-0.05, 0) is 68.4 Å². The van der Waals surface area contributed by atoms with Gasteiger partial charge in [-0.3, -0.25) is 9.36 Å². The van der Waals surface area contributed by atoms with Gasteiger partial charge in [0.15, 0.2) is 10.9 Å². The summed E-state index contributed by atoms with van der Waals surface area (Å²) < 4.78 is 3.75. The number of hydrogen-bond donors (Lipinski definition) is 2. The Bertz CT molecular complexity index is 1410. The normalized spacial score (nSPS) is 11.1. The third-order valence-electron chi connectivity index (χ3n) is 5.49. The predicted octanol–water partition coefficient (Wildman–Crippen LogP) is 7.52. The fraction of sp³-hybridized carbons (Fsp3) is 0.208. The van der Waals surface area contributed by atoms with E-state index in [2.05, 4.69) is 20.8 Å². The highest BCUT2D eigenvalue weighted by atomic mass is 35.5. The van der Waals surface area contributed by atoms with Crippen LogP contribution >= 0.6 is 58.6 Å². The van der Waals surface area contributed by atoms with Crippen molar-refractivity contribution in [3.05, 3.63) is 90.8 Å². The van der Waals surface area contributed by atoms with Crippen molar-refractivity contribution in [2.45, 2.75) is 33.9 Å². The maximum absolute atomic E-state index is 6.34. The largest absolute Gasteiger partial charge is 0.329 e. The molecule has 0 atom stereocenters. The molecule has 0 amide bonds. The molecule has 35 heavy (non-hydrogen) atoms. The topological polar surface area (TPSA) is 59.7 Å². The summed E-state index contributed by atoms with van der Waals surface area (Å²) in [4.78, 5) is 0. The third-order valence-corrected chi connectivity index (χ3v) is 7.02. The minimum absolute atomic E-state index is 0.416. The highest BCUT2D eigenvalue weighted by molar-refractivity contribution is 7.80. The average molecular weight is 568 g/mol.